The van der Waals surface area contributed by atoms with E-state index in [-0.39, 0.29) is 5.95 Å². The SMILES string of the molecule is CCN(CCC#N)c1nc(N)nc(N2CCCC2)n1. The second-order valence-electron chi connectivity index (χ2n) is 4.48. The van der Waals surface area contributed by atoms with Crippen molar-refractivity contribution in [2.75, 3.05) is 41.7 Å². The van der Waals surface area contributed by atoms with Gasteiger partial charge in [-0.25, -0.2) is 0 Å². The van der Waals surface area contributed by atoms with Crippen LogP contribution in [-0.4, -0.2) is 41.1 Å². The zero-order valence-electron chi connectivity index (χ0n) is 11.2. The van der Waals surface area contributed by atoms with Crippen LogP contribution in [0.2, 0.25) is 0 Å². The molecule has 0 aliphatic carbocycles. The molecular formula is C12H19N7. The molecule has 2 N–H and O–H groups in total. The maximum atomic E-state index is 8.68. The predicted octanol–water partition coefficient (Wildman–Crippen LogP) is 0.794. The molecule has 0 atom stereocenters. The standard InChI is InChI=1S/C12H19N7/c1-2-18(9-5-6-13)11-15-10(14)16-12(17-11)19-7-3-4-8-19/h2-5,7-9H2,1H3,(H2,14,15,16,17). The molecule has 7 nitrogen and oxygen atoms in total. The fourth-order valence-electron chi connectivity index (χ4n) is 2.15. The Bertz CT molecular complexity index is 462. The second-order valence-corrected chi connectivity index (χ2v) is 4.48. The number of rotatable bonds is 5. The van der Waals surface area contributed by atoms with Gasteiger partial charge in [0.05, 0.1) is 12.5 Å². The number of nitrogens with two attached hydrogens (primary N) is 1. The van der Waals surface area contributed by atoms with Crippen molar-refractivity contribution in [3.63, 3.8) is 0 Å². The van der Waals surface area contributed by atoms with Crippen LogP contribution in [0.3, 0.4) is 0 Å². The first-order chi connectivity index (χ1) is 9.24. The van der Waals surface area contributed by atoms with Gasteiger partial charge < -0.3 is 15.5 Å². The Morgan fingerprint density at radius 2 is 2.05 bits per heavy atom. The maximum absolute atomic E-state index is 8.68. The van der Waals surface area contributed by atoms with Crippen LogP contribution in [0.4, 0.5) is 17.8 Å². The van der Waals surface area contributed by atoms with Crippen LogP contribution in [0.25, 0.3) is 0 Å². The van der Waals surface area contributed by atoms with Gasteiger partial charge in [0, 0.05) is 26.2 Å². The molecule has 1 aromatic heterocycles. The zero-order valence-corrected chi connectivity index (χ0v) is 11.2. The molecule has 1 saturated heterocycles. The summed E-state index contributed by atoms with van der Waals surface area (Å²) >= 11 is 0. The molecule has 0 radical (unpaired) electrons. The second kappa shape index (κ2) is 6.18. The summed E-state index contributed by atoms with van der Waals surface area (Å²) in [6.45, 7) is 5.29. The normalized spacial score (nSPS) is 14.4. The zero-order chi connectivity index (χ0) is 13.7. The number of anilines is 3. The van der Waals surface area contributed by atoms with Gasteiger partial charge in [-0.2, -0.15) is 20.2 Å². The molecule has 7 heteroatoms. The monoisotopic (exact) mass is 261 g/mol. The summed E-state index contributed by atoms with van der Waals surface area (Å²) in [5.41, 5.74) is 5.77. The molecule has 2 heterocycles. The Morgan fingerprint density at radius 3 is 2.68 bits per heavy atom. The molecule has 102 valence electrons. The summed E-state index contributed by atoms with van der Waals surface area (Å²) in [6, 6.07) is 2.13. The van der Waals surface area contributed by atoms with E-state index in [0.717, 1.165) is 32.5 Å². The number of nitriles is 1. The largest absolute Gasteiger partial charge is 0.368 e. The Kier molecular flexibility index (Phi) is 4.34. The third kappa shape index (κ3) is 3.22. The number of hydrogen-bond acceptors (Lipinski definition) is 7. The Balaban J connectivity index is 2.21. The lowest BCUT2D eigenvalue weighted by Gasteiger charge is -2.22. The Labute approximate surface area is 113 Å². The van der Waals surface area contributed by atoms with Crippen LogP contribution in [0.15, 0.2) is 0 Å². The Morgan fingerprint density at radius 1 is 1.32 bits per heavy atom. The molecule has 0 unspecified atom stereocenters. The van der Waals surface area contributed by atoms with Crippen molar-refractivity contribution < 1.29 is 0 Å². The lowest BCUT2D eigenvalue weighted by atomic mass is 10.4. The first-order valence-corrected chi connectivity index (χ1v) is 6.63. The van der Waals surface area contributed by atoms with Gasteiger partial charge in [-0.15, -0.1) is 0 Å². The molecule has 0 amide bonds. The smallest absolute Gasteiger partial charge is 0.231 e. The van der Waals surface area contributed by atoms with Gasteiger partial charge in [-0.1, -0.05) is 0 Å². The van der Waals surface area contributed by atoms with Gasteiger partial charge in [0.25, 0.3) is 0 Å². The van der Waals surface area contributed by atoms with Crippen molar-refractivity contribution in [3.8, 4) is 6.07 Å². The topological polar surface area (TPSA) is 95.0 Å². The minimum absolute atomic E-state index is 0.238. The third-order valence-corrected chi connectivity index (χ3v) is 3.18. The molecule has 0 aromatic carbocycles. The molecule has 1 aromatic rings. The van der Waals surface area contributed by atoms with Crippen LogP contribution in [0.5, 0.6) is 0 Å². The summed E-state index contributed by atoms with van der Waals surface area (Å²) < 4.78 is 0. The molecule has 1 aliphatic rings. The van der Waals surface area contributed by atoms with Crippen molar-refractivity contribution in [2.24, 2.45) is 0 Å². The highest BCUT2D eigenvalue weighted by Gasteiger charge is 2.18. The summed E-state index contributed by atoms with van der Waals surface area (Å²) in [5.74, 6) is 1.45. The highest BCUT2D eigenvalue weighted by Crippen LogP contribution is 2.19. The van der Waals surface area contributed by atoms with Gasteiger partial charge in [-0.3, -0.25) is 0 Å². The predicted molar refractivity (Wildman–Crippen MR) is 73.8 cm³/mol. The van der Waals surface area contributed by atoms with E-state index in [1.807, 2.05) is 11.8 Å². The van der Waals surface area contributed by atoms with Gasteiger partial charge in [0.2, 0.25) is 17.8 Å². The summed E-state index contributed by atoms with van der Waals surface area (Å²) in [4.78, 5) is 16.9. The number of hydrogen-bond donors (Lipinski definition) is 1. The van der Waals surface area contributed by atoms with E-state index >= 15 is 0 Å². The first-order valence-electron chi connectivity index (χ1n) is 6.63. The van der Waals surface area contributed by atoms with Crippen LogP contribution >= 0.6 is 0 Å². The van der Waals surface area contributed by atoms with Crippen LogP contribution < -0.4 is 15.5 Å². The highest BCUT2D eigenvalue weighted by atomic mass is 15.4. The third-order valence-electron chi connectivity index (χ3n) is 3.18. The summed E-state index contributed by atoms with van der Waals surface area (Å²) in [5, 5.41) is 8.68. The average Bonchev–Trinajstić information content (AvgIpc) is 2.93. The molecule has 0 saturated carbocycles. The lowest BCUT2D eigenvalue weighted by molar-refractivity contribution is 0.776. The average molecular weight is 261 g/mol. The minimum atomic E-state index is 0.238. The molecule has 1 aliphatic heterocycles. The summed E-state index contributed by atoms with van der Waals surface area (Å²) in [6.07, 6.45) is 2.76. The molecule has 0 spiro atoms. The minimum Gasteiger partial charge on any atom is -0.368 e. The molecule has 1 fully saturated rings. The molecule has 2 rings (SSSR count). The van der Waals surface area contributed by atoms with Crippen LogP contribution in [0, 0.1) is 11.3 Å². The quantitative estimate of drug-likeness (QED) is 0.837. The van der Waals surface area contributed by atoms with Gasteiger partial charge in [-0.05, 0) is 19.8 Å². The van der Waals surface area contributed by atoms with Gasteiger partial charge >= 0.3 is 0 Å². The van der Waals surface area contributed by atoms with Gasteiger partial charge in [0.15, 0.2) is 0 Å². The highest BCUT2D eigenvalue weighted by molar-refractivity contribution is 5.44. The molecule has 19 heavy (non-hydrogen) atoms. The van der Waals surface area contributed by atoms with Crippen LogP contribution in [0.1, 0.15) is 26.2 Å². The maximum Gasteiger partial charge on any atom is 0.231 e. The molecular weight excluding hydrogens is 242 g/mol. The van der Waals surface area contributed by atoms with Crippen LogP contribution in [-0.2, 0) is 0 Å². The van der Waals surface area contributed by atoms with E-state index in [1.165, 1.54) is 0 Å². The number of nitrogen functional groups attached to an aromatic ring is 1. The van der Waals surface area contributed by atoms with E-state index in [0.29, 0.717) is 24.9 Å². The van der Waals surface area contributed by atoms with Crippen molar-refractivity contribution >= 4 is 17.8 Å². The van der Waals surface area contributed by atoms with E-state index in [9.17, 15) is 0 Å². The van der Waals surface area contributed by atoms with Crippen molar-refractivity contribution in [1.82, 2.24) is 15.0 Å². The van der Waals surface area contributed by atoms with Crippen molar-refractivity contribution in [1.29, 1.82) is 5.26 Å². The lowest BCUT2D eigenvalue weighted by Crippen LogP contribution is -2.28. The molecule has 0 bridgehead atoms. The van der Waals surface area contributed by atoms with E-state index in [4.69, 9.17) is 11.0 Å². The van der Waals surface area contributed by atoms with Gasteiger partial charge in [0.1, 0.15) is 0 Å². The number of aromatic nitrogens is 3. The fraction of sp³-hybridized carbons (Fsp3) is 0.667. The summed E-state index contributed by atoms with van der Waals surface area (Å²) in [7, 11) is 0. The Hall–Kier alpha value is -2.10. The van der Waals surface area contributed by atoms with E-state index < -0.39 is 0 Å². The van der Waals surface area contributed by atoms with Crippen molar-refractivity contribution in [3.05, 3.63) is 0 Å². The van der Waals surface area contributed by atoms with E-state index in [2.05, 4.69) is 25.9 Å². The number of nitrogens with zero attached hydrogens (tertiary/aromatic N) is 6. The first kappa shape index (κ1) is 13.3. The van der Waals surface area contributed by atoms with Crippen molar-refractivity contribution in [2.45, 2.75) is 26.2 Å². The fourth-order valence-corrected chi connectivity index (χ4v) is 2.15. The van der Waals surface area contributed by atoms with E-state index in [1.54, 1.807) is 0 Å².